The Bertz CT molecular complexity index is 1330. The van der Waals surface area contributed by atoms with E-state index in [-0.39, 0.29) is 5.91 Å². The molecule has 0 saturated heterocycles. The lowest BCUT2D eigenvalue weighted by Crippen LogP contribution is -2.35. The molecule has 8 nitrogen and oxygen atoms in total. The molecule has 0 saturated carbocycles. The van der Waals surface area contributed by atoms with Crippen LogP contribution in [-0.4, -0.2) is 38.5 Å². The molecule has 0 spiro atoms. The van der Waals surface area contributed by atoms with E-state index in [1.807, 2.05) is 39.0 Å². The smallest absolute Gasteiger partial charge is 0.248 e. The van der Waals surface area contributed by atoms with Crippen LogP contribution in [0.1, 0.15) is 36.7 Å². The second kappa shape index (κ2) is 5.66. The molecule has 146 valence electrons. The zero-order valence-electron chi connectivity index (χ0n) is 16.3. The number of anilines is 1. The zero-order valence-corrected chi connectivity index (χ0v) is 16.3. The molecule has 5 rings (SSSR count). The average molecular weight is 388 g/mol. The van der Waals surface area contributed by atoms with Gasteiger partial charge in [-0.2, -0.15) is 5.10 Å². The van der Waals surface area contributed by atoms with Gasteiger partial charge in [0, 0.05) is 17.5 Å². The van der Waals surface area contributed by atoms with E-state index in [4.69, 9.17) is 10.7 Å². The van der Waals surface area contributed by atoms with Crippen molar-refractivity contribution in [3.63, 3.8) is 0 Å². The molecular formula is C21H20N6O2. The topological polar surface area (TPSA) is 121 Å². The van der Waals surface area contributed by atoms with Crippen LogP contribution in [0.4, 0.5) is 5.69 Å². The van der Waals surface area contributed by atoms with Crippen molar-refractivity contribution in [2.24, 2.45) is 5.73 Å². The predicted molar refractivity (Wildman–Crippen MR) is 111 cm³/mol. The van der Waals surface area contributed by atoms with Gasteiger partial charge in [-0.25, -0.2) is 4.98 Å². The van der Waals surface area contributed by atoms with E-state index in [0.717, 1.165) is 27.7 Å². The number of carbonyl (C=O) groups excluding carboxylic acids is 2. The van der Waals surface area contributed by atoms with Crippen molar-refractivity contribution in [2.45, 2.75) is 26.2 Å². The standard InChI is InChI=1S/C21H20N6O2/c1-4-27-16-9-15-14(8-12(16)21(2,3)20(27)29)23-19(24-15)17-11-6-5-10(18(22)28)7-13(11)25-26-17/h5-9H,4H2,1-3H3,(H2,22,28)(H,23,24)(H,25,26). The lowest BCUT2D eigenvalue weighted by molar-refractivity contribution is -0.122. The van der Waals surface area contributed by atoms with Gasteiger partial charge in [0.05, 0.1) is 27.7 Å². The highest BCUT2D eigenvalue weighted by Gasteiger charge is 2.43. The molecule has 4 aromatic rings. The number of rotatable bonds is 3. The molecule has 0 aliphatic carbocycles. The number of amides is 2. The van der Waals surface area contributed by atoms with Crippen LogP contribution in [-0.2, 0) is 10.2 Å². The number of aromatic nitrogens is 4. The first-order valence-corrected chi connectivity index (χ1v) is 9.45. The molecule has 2 amide bonds. The highest BCUT2D eigenvalue weighted by atomic mass is 16.2. The van der Waals surface area contributed by atoms with E-state index in [1.165, 1.54) is 0 Å². The Morgan fingerprint density at radius 3 is 2.72 bits per heavy atom. The Morgan fingerprint density at radius 1 is 1.21 bits per heavy atom. The molecular weight excluding hydrogens is 368 g/mol. The maximum absolute atomic E-state index is 12.7. The average Bonchev–Trinajstić information content (AvgIpc) is 3.34. The fraction of sp³-hybridized carbons (Fsp3) is 0.238. The number of imidazole rings is 1. The van der Waals surface area contributed by atoms with Gasteiger partial charge in [0.15, 0.2) is 5.82 Å². The van der Waals surface area contributed by atoms with Gasteiger partial charge in [0.1, 0.15) is 5.69 Å². The molecule has 1 aliphatic heterocycles. The quantitative estimate of drug-likeness (QED) is 0.500. The normalized spacial score (nSPS) is 15.4. The van der Waals surface area contributed by atoms with Crippen LogP contribution in [0, 0.1) is 0 Å². The van der Waals surface area contributed by atoms with Gasteiger partial charge in [-0.15, -0.1) is 0 Å². The van der Waals surface area contributed by atoms with Gasteiger partial charge in [-0.3, -0.25) is 14.7 Å². The van der Waals surface area contributed by atoms with E-state index in [2.05, 4.69) is 15.2 Å². The molecule has 0 unspecified atom stereocenters. The number of benzene rings is 2. The minimum absolute atomic E-state index is 0.103. The summed E-state index contributed by atoms with van der Waals surface area (Å²) in [5.41, 5.74) is 10.1. The van der Waals surface area contributed by atoms with Crippen LogP contribution in [0.2, 0.25) is 0 Å². The second-order valence-electron chi connectivity index (χ2n) is 7.84. The molecule has 2 aromatic heterocycles. The van der Waals surface area contributed by atoms with Crippen molar-refractivity contribution in [2.75, 3.05) is 11.4 Å². The van der Waals surface area contributed by atoms with Crippen LogP contribution in [0.15, 0.2) is 30.3 Å². The minimum Gasteiger partial charge on any atom is -0.366 e. The van der Waals surface area contributed by atoms with Crippen molar-refractivity contribution in [1.82, 2.24) is 20.2 Å². The van der Waals surface area contributed by atoms with Gasteiger partial charge < -0.3 is 15.6 Å². The summed E-state index contributed by atoms with van der Waals surface area (Å²) in [5, 5.41) is 8.15. The van der Waals surface area contributed by atoms with Crippen molar-refractivity contribution < 1.29 is 9.59 Å². The maximum Gasteiger partial charge on any atom is 0.248 e. The summed E-state index contributed by atoms with van der Waals surface area (Å²) in [6.07, 6.45) is 0. The number of hydrogen-bond acceptors (Lipinski definition) is 4. The van der Waals surface area contributed by atoms with Gasteiger partial charge in [0.25, 0.3) is 0 Å². The maximum atomic E-state index is 12.7. The van der Waals surface area contributed by atoms with Crippen LogP contribution >= 0.6 is 0 Å². The number of nitrogens with two attached hydrogens (primary N) is 1. The van der Waals surface area contributed by atoms with Gasteiger partial charge in [-0.1, -0.05) is 0 Å². The predicted octanol–water partition coefficient (Wildman–Crippen LogP) is 2.85. The van der Waals surface area contributed by atoms with Gasteiger partial charge in [-0.05, 0) is 56.7 Å². The molecule has 1 aliphatic rings. The van der Waals surface area contributed by atoms with Crippen LogP contribution in [0.25, 0.3) is 33.5 Å². The fourth-order valence-electron chi connectivity index (χ4n) is 4.11. The Labute approximate surface area is 166 Å². The summed E-state index contributed by atoms with van der Waals surface area (Å²) in [5.74, 6) is 0.235. The van der Waals surface area contributed by atoms with E-state index in [9.17, 15) is 9.59 Å². The van der Waals surface area contributed by atoms with Gasteiger partial charge in [0.2, 0.25) is 11.8 Å². The molecule has 2 aromatic carbocycles. The Hall–Kier alpha value is -3.68. The highest BCUT2D eigenvalue weighted by Crippen LogP contribution is 2.43. The number of likely N-dealkylation sites (N-methyl/N-ethyl adjacent to an activating group) is 1. The number of H-pyrrole nitrogens is 2. The Kier molecular flexibility index (Phi) is 3.40. The monoisotopic (exact) mass is 388 g/mol. The van der Waals surface area contributed by atoms with Crippen molar-refractivity contribution in [3.8, 4) is 11.5 Å². The summed E-state index contributed by atoms with van der Waals surface area (Å²) in [6.45, 7) is 6.48. The molecule has 0 fully saturated rings. The molecule has 29 heavy (non-hydrogen) atoms. The summed E-state index contributed by atoms with van der Waals surface area (Å²) in [6, 6.07) is 9.13. The molecule has 0 radical (unpaired) electrons. The number of primary amides is 1. The number of carbonyl (C=O) groups is 2. The Morgan fingerprint density at radius 2 is 2.00 bits per heavy atom. The first kappa shape index (κ1) is 17.4. The first-order valence-electron chi connectivity index (χ1n) is 9.45. The fourth-order valence-corrected chi connectivity index (χ4v) is 4.11. The molecule has 0 atom stereocenters. The molecule has 8 heteroatoms. The SMILES string of the molecule is CCN1C(=O)C(C)(C)c2cc3[nH]c(-c4n[nH]c5cc(C(N)=O)ccc45)nc3cc21. The number of hydrogen-bond donors (Lipinski definition) is 3. The minimum atomic E-state index is -0.574. The third kappa shape index (κ3) is 2.32. The number of nitrogens with zero attached hydrogens (tertiary/aromatic N) is 3. The van der Waals surface area contributed by atoms with E-state index < -0.39 is 11.3 Å². The molecule has 0 bridgehead atoms. The Balaban J connectivity index is 1.66. The summed E-state index contributed by atoms with van der Waals surface area (Å²) in [4.78, 5) is 34.0. The van der Waals surface area contributed by atoms with E-state index in [0.29, 0.717) is 29.1 Å². The number of nitrogens with one attached hydrogen (secondary N) is 2. The van der Waals surface area contributed by atoms with Crippen LogP contribution in [0.5, 0.6) is 0 Å². The van der Waals surface area contributed by atoms with Crippen molar-refractivity contribution >= 4 is 39.4 Å². The van der Waals surface area contributed by atoms with Crippen molar-refractivity contribution in [1.29, 1.82) is 0 Å². The largest absolute Gasteiger partial charge is 0.366 e. The molecule has 3 heterocycles. The lowest BCUT2D eigenvalue weighted by atomic mass is 9.86. The summed E-state index contributed by atoms with van der Waals surface area (Å²) < 4.78 is 0. The summed E-state index contributed by atoms with van der Waals surface area (Å²) in [7, 11) is 0. The second-order valence-corrected chi connectivity index (χ2v) is 7.84. The lowest BCUT2D eigenvalue weighted by Gasteiger charge is -2.18. The zero-order chi connectivity index (χ0) is 20.5. The van der Waals surface area contributed by atoms with Gasteiger partial charge >= 0.3 is 0 Å². The third-order valence-corrected chi connectivity index (χ3v) is 5.73. The van der Waals surface area contributed by atoms with E-state index >= 15 is 0 Å². The van der Waals surface area contributed by atoms with Crippen LogP contribution in [0.3, 0.4) is 0 Å². The highest BCUT2D eigenvalue weighted by molar-refractivity contribution is 6.09. The third-order valence-electron chi connectivity index (χ3n) is 5.73. The first-order chi connectivity index (χ1) is 13.8. The van der Waals surface area contributed by atoms with Crippen molar-refractivity contribution in [3.05, 3.63) is 41.5 Å². The number of aromatic amines is 2. The molecule has 4 N–H and O–H groups in total. The number of fused-ring (bicyclic) bond motifs is 3. The summed E-state index contributed by atoms with van der Waals surface area (Å²) >= 11 is 0. The van der Waals surface area contributed by atoms with Crippen LogP contribution < -0.4 is 10.6 Å². The van der Waals surface area contributed by atoms with E-state index in [1.54, 1.807) is 17.0 Å².